The number of rotatable bonds is 3. The Bertz CT molecular complexity index is 1050. The summed E-state index contributed by atoms with van der Waals surface area (Å²) in [6.07, 6.45) is 0. The Balaban J connectivity index is 1.85. The fraction of sp³-hybridized carbons (Fsp3) is 0.100. The fourth-order valence-corrected chi connectivity index (χ4v) is 2.94. The van der Waals surface area contributed by atoms with Crippen molar-refractivity contribution in [2.75, 3.05) is 6.61 Å². The van der Waals surface area contributed by atoms with E-state index in [1.165, 1.54) is 10.8 Å². The van der Waals surface area contributed by atoms with Crippen molar-refractivity contribution < 1.29 is 4.74 Å². The second-order valence-electron chi connectivity index (χ2n) is 5.66. The molecule has 24 heavy (non-hydrogen) atoms. The summed E-state index contributed by atoms with van der Waals surface area (Å²) in [5, 5.41) is 18.9. The average molecular weight is 315 g/mol. The molecule has 0 aliphatic carbocycles. The molecule has 0 amide bonds. The van der Waals surface area contributed by atoms with Gasteiger partial charge in [-0.3, -0.25) is 10.5 Å². The predicted octanol–water partition coefficient (Wildman–Crippen LogP) is 4.74. The van der Waals surface area contributed by atoms with Crippen LogP contribution in [0.3, 0.4) is 0 Å². The van der Waals surface area contributed by atoms with Crippen LogP contribution in [-0.2, 0) is 4.74 Å². The number of aromatic amines is 1. The topological polar surface area (TPSA) is 61.8 Å². The van der Waals surface area contributed by atoms with Crippen LogP contribution >= 0.6 is 0 Å². The summed E-state index contributed by atoms with van der Waals surface area (Å²) >= 11 is 0. The van der Waals surface area contributed by atoms with Crippen molar-refractivity contribution in [3.8, 4) is 11.3 Å². The van der Waals surface area contributed by atoms with E-state index in [4.69, 9.17) is 10.1 Å². The Morgan fingerprint density at radius 1 is 1.04 bits per heavy atom. The molecular weight excluding hydrogens is 298 g/mol. The zero-order chi connectivity index (χ0) is 16.5. The van der Waals surface area contributed by atoms with Crippen LogP contribution < -0.4 is 0 Å². The van der Waals surface area contributed by atoms with Crippen LogP contribution in [0.25, 0.3) is 32.9 Å². The third-order valence-corrected chi connectivity index (χ3v) is 4.14. The molecule has 0 radical (unpaired) electrons. The Kier molecular flexibility index (Phi) is 3.50. The zero-order valence-corrected chi connectivity index (χ0v) is 13.3. The zero-order valence-electron chi connectivity index (χ0n) is 13.3. The second-order valence-corrected chi connectivity index (χ2v) is 5.66. The van der Waals surface area contributed by atoms with Crippen LogP contribution in [0.5, 0.6) is 0 Å². The molecular formula is C20H17N3O. The molecule has 4 nitrogen and oxygen atoms in total. The van der Waals surface area contributed by atoms with E-state index < -0.39 is 0 Å². The summed E-state index contributed by atoms with van der Waals surface area (Å²) < 4.78 is 5.31. The lowest BCUT2D eigenvalue weighted by Gasteiger charge is -2.05. The van der Waals surface area contributed by atoms with Crippen molar-refractivity contribution in [3.05, 3.63) is 66.2 Å². The smallest absolute Gasteiger partial charge is 0.213 e. The molecule has 0 aliphatic rings. The number of fused-ring (bicyclic) bond motifs is 2. The van der Waals surface area contributed by atoms with E-state index in [1.54, 1.807) is 0 Å². The lowest BCUT2D eigenvalue weighted by molar-refractivity contribution is 0.325. The molecule has 0 atom stereocenters. The van der Waals surface area contributed by atoms with Gasteiger partial charge in [-0.25, -0.2) is 0 Å². The van der Waals surface area contributed by atoms with Gasteiger partial charge in [0, 0.05) is 16.5 Å². The van der Waals surface area contributed by atoms with Gasteiger partial charge >= 0.3 is 0 Å². The number of hydrogen-bond acceptors (Lipinski definition) is 3. The van der Waals surface area contributed by atoms with Gasteiger partial charge in [-0.1, -0.05) is 36.4 Å². The molecule has 0 bridgehead atoms. The molecule has 0 fully saturated rings. The molecule has 1 aromatic heterocycles. The first-order chi connectivity index (χ1) is 11.8. The molecule has 4 heteroatoms. The van der Waals surface area contributed by atoms with Crippen molar-refractivity contribution in [2.24, 2.45) is 0 Å². The van der Waals surface area contributed by atoms with Crippen molar-refractivity contribution in [3.63, 3.8) is 0 Å². The van der Waals surface area contributed by atoms with Crippen LogP contribution in [0.2, 0.25) is 0 Å². The maximum absolute atomic E-state index is 7.99. The van der Waals surface area contributed by atoms with Gasteiger partial charge < -0.3 is 4.74 Å². The van der Waals surface area contributed by atoms with E-state index in [0.29, 0.717) is 6.61 Å². The Labute approximate surface area is 139 Å². The lowest BCUT2D eigenvalue weighted by Crippen LogP contribution is -2.04. The second kappa shape index (κ2) is 5.81. The van der Waals surface area contributed by atoms with Crippen LogP contribution in [-0.4, -0.2) is 22.7 Å². The summed E-state index contributed by atoms with van der Waals surface area (Å²) in [6.45, 7) is 2.37. The van der Waals surface area contributed by atoms with Crippen molar-refractivity contribution in [1.29, 1.82) is 5.41 Å². The van der Waals surface area contributed by atoms with Gasteiger partial charge in [-0.15, -0.1) is 0 Å². The normalized spacial score (nSPS) is 11.0. The number of nitrogens with one attached hydrogen (secondary N) is 2. The van der Waals surface area contributed by atoms with Crippen LogP contribution in [0.4, 0.5) is 0 Å². The summed E-state index contributed by atoms with van der Waals surface area (Å²) in [5.74, 6) is 0.185. The molecule has 4 rings (SSSR count). The van der Waals surface area contributed by atoms with E-state index in [-0.39, 0.29) is 5.90 Å². The highest BCUT2D eigenvalue weighted by Crippen LogP contribution is 2.29. The van der Waals surface area contributed by atoms with Gasteiger partial charge in [0.15, 0.2) is 0 Å². The Hall–Kier alpha value is -3.14. The summed E-state index contributed by atoms with van der Waals surface area (Å²) in [7, 11) is 0. The number of nitrogens with zero attached hydrogens (tertiary/aromatic N) is 1. The minimum absolute atomic E-state index is 0.185. The Morgan fingerprint density at radius 2 is 1.88 bits per heavy atom. The quantitative estimate of drug-likeness (QED) is 0.423. The molecule has 0 saturated heterocycles. The highest BCUT2D eigenvalue weighted by atomic mass is 16.5. The first-order valence-corrected chi connectivity index (χ1v) is 7.95. The molecule has 1 heterocycles. The largest absolute Gasteiger partial charge is 0.478 e. The predicted molar refractivity (Wildman–Crippen MR) is 97.5 cm³/mol. The SMILES string of the molecule is CCOC(=N)c1ccc2[nH]nc(-c3ccc4ccccc4c3)c2c1. The average Bonchev–Trinajstić information content (AvgIpc) is 3.04. The van der Waals surface area contributed by atoms with Gasteiger partial charge in [0.2, 0.25) is 5.90 Å². The van der Waals surface area contributed by atoms with E-state index >= 15 is 0 Å². The minimum atomic E-state index is 0.185. The standard InChI is InChI=1S/C20H17N3O/c1-2-24-20(21)16-9-10-18-17(12-16)19(23-22-18)15-8-7-13-5-3-4-6-14(13)11-15/h3-12,21H,2H2,1H3,(H,22,23). The minimum Gasteiger partial charge on any atom is -0.478 e. The number of benzene rings is 3. The molecule has 3 aromatic carbocycles. The molecule has 0 spiro atoms. The number of hydrogen-bond donors (Lipinski definition) is 2. The van der Waals surface area contributed by atoms with E-state index in [2.05, 4.69) is 40.5 Å². The number of aromatic nitrogens is 2. The summed E-state index contributed by atoms with van der Waals surface area (Å²) in [4.78, 5) is 0. The monoisotopic (exact) mass is 315 g/mol. The van der Waals surface area contributed by atoms with Crippen LogP contribution in [0.1, 0.15) is 12.5 Å². The molecule has 0 saturated carbocycles. The van der Waals surface area contributed by atoms with E-state index in [0.717, 1.165) is 27.7 Å². The highest BCUT2D eigenvalue weighted by molar-refractivity contribution is 6.01. The molecule has 4 aromatic rings. The third-order valence-electron chi connectivity index (χ3n) is 4.14. The van der Waals surface area contributed by atoms with Gasteiger partial charge in [0.25, 0.3) is 0 Å². The molecule has 0 aliphatic heterocycles. The van der Waals surface area contributed by atoms with Gasteiger partial charge in [0.05, 0.1) is 17.8 Å². The summed E-state index contributed by atoms with van der Waals surface area (Å²) in [5.41, 5.74) is 3.65. The maximum atomic E-state index is 7.99. The maximum Gasteiger partial charge on any atom is 0.213 e. The van der Waals surface area contributed by atoms with Crippen LogP contribution in [0, 0.1) is 5.41 Å². The molecule has 2 N–H and O–H groups in total. The van der Waals surface area contributed by atoms with Gasteiger partial charge in [0.1, 0.15) is 0 Å². The number of H-pyrrole nitrogens is 1. The van der Waals surface area contributed by atoms with Crippen molar-refractivity contribution in [2.45, 2.75) is 6.92 Å². The van der Waals surface area contributed by atoms with Crippen molar-refractivity contribution in [1.82, 2.24) is 10.2 Å². The van der Waals surface area contributed by atoms with Crippen LogP contribution in [0.15, 0.2) is 60.7 Å². The van der Waals surface area contributed by atoms with Gasteiger partial charge in [-0.2, -0.15) is 5.10 Å². The lowest BCUT2D eigenvalue weighted by atomic mass is 10.0. The highest BCUT2D eigenvalue weighted by Gasteiger charge is 2.11. The first-order valence-electron chi connectivity index (χ1n) is 7.95. The Morgan fingerprint density at radius 3 is 2.71 bits per heavy atom. The third kappa shape index (κ3) is 2.42. The number of ether oxygens (including phenoxy) is 1. The van der Waals surface area contributed by atoms with Crippen molar-refractivity contribution >= 4 is 27.6 Å². The fourth-order valence-electron chi connectivity index (χ4n) is 2.94. The first kappa shape index (κ1) is 14.5. The molecule has 0 unspecified atom stereocenters. The van der Waals surface area contributed by atoms with E-state index in [1.807, 2.05) is 37.3 Å². The summed E-state index contributed by atoms with van der Waals surface area (Å²) in [6, 6.07) is 20.4. The van der Waals surface area contributed by atoms with E-state index in [9.17, 15) is 0 Å². The van der Waals surface area contributed by atoms with Gasteiger partial charge in [-0.05, 0) is 42.0 Å². The molecule has 118 valence electrons.